The fraction of sp³-hybridized carbons (Fsp3) is 0.265. The Morgan fingerprint density at radius 1 is 0.933 bits per heavy atom. The van der Waals surface area contributed by atoms with Crippen molar-refractivity contribution in [2.75, 3.05) is 27.4 Å². The van der Waals surface area contributed by atoms with Crippen LogP contribution < -0.4 is 33.8 Å². The second kappa shape index (κ2) is 14.0. The van der Waals surface area contributed by atoms with Gasteiger partial charge in [-0.3, -0.25) is 9.36 Å². The van der Waals surface area contributed by atoms with E-state index in [9.17, 15) is 9.59 Å². The van der Waals surface area contributed by atoms with Gasteiger partial charge in [-0.05, 0) is 79.9 Å². The van der Waals surface area contributed by atoms with E-state index in [1.165, 1.54) is 15.9 Å². The van der Waals surface area contributed by atoms with Crippen molar-refractivity contribution < 1.29 is 28.5 Å². The minimum atomic E-state index is -0.786. The lowest BCUT2D eigenvalue weighted by atomic mass is 9.95. The Labute approximate surface area is 269 Å². The zero-order valence-corrected chi connectivity index (χ0v) is 27.2. The molecule has 1 aliphatic rings. The maximum atomic E-state index is 14.1. The van der Waals surface area contributed by atoms with E-state index in [1.54, 1.807) is 58.4 Å². The molecule has 0 N–H and O–H groups in total. The summed E-state index contributed by atoms with van der Waals surface area (Å²) in [6.07, 6.45) is 1.77. The Morgan fingerprint density at radius 2 is 1.67 bits per heavy atom. The first kappa shape index (κ1) is 31.9. The lowest BCUT2D eigenvalue weighted by molar-refractivity contribution is -0.139. The first-order chi connectivity index (χ1) is 21.8. The standard InChI is InChI=1S/C34H33ClN2O7S/c1-6-42-28-18-23(11-15-25(28)40-4)31-30(33(39)43-7-2)20(3)36-34-37(31)32(38)29(45-34)17-22-10-14-26(27(16-22)41-5)44-19-21-8-12-24(35)13-9-21/h8-18,31H,6-7,19H2,1-5H3/b29-17-. The van der Waals surface area contributed by atoms with Gasteiger partial charge in [0.1, 0.15) is 6.61 Å². The van der Waals surface area contributed by atoms with Crippen molar-refractivity contribution in [3.63, 3.8) is 0 Å². The molecule has 0 radical (unpaired) electrons. The van der Waals surface area contributed by atoms with Crippen LogP contribution in [0.5, 0.6) is 23.0 Å². The monoisotopic (exact) mass is 648 g/mol. The van der Waals surface area contributed by atoms with Crippen LogP contribution in [0.15, 0.2) is 81.7 Å². The molecular formula is C34H33ClN2O7S. The van der Waals surface area contributed by atoms with E-state index in [0.717, 1.165) is 11.1 Å². The van der Waals surface area contributed by atoms with E-state index in [4.69, 9.17) is 35.3 Å². The van der Waals surface area contributed by atoms with Gasteiger partial charge in [-0.1, -0.05) is 47.2 Å². The van der Waals surface area contributed by atoms with Crippen molar-refractivity contribution in [2.24, 2.45) is 4.99 Å². The summed E-state index contributed by atoms with van der Waals surface area (Å²) >= 11 is 7.23. The van der Waals surface area contributed by atoms with E-state index >= 15 is 0 Å². The van der Waals surface area contributed by atoms with Crippen molar-refractivity contribution in [3.05, 3.63) is 113 Å². The summed E-state index contributed by atoms with van der Waals surface area (Å²) < 4.78 is 30.3. The number of benzene rings is 3. The second-order valence-electron chi connectivity index (χ2n) is 9.97. The van der Waals surface area contributed by atoms with Crippen LogP contribution in [0.1, 0.15) is 43.5 Å². The molecule has 9 nitrogen and oxygen atoms in total. The predicted octanol–water partition coefficient (Wildman–Crippen LogP) is 5.45. The van der Waals surface area contributed by atoms with Crippen LogP contribution >= 0.6 is 22.9 Å². The van der Waals surface area contributed by atoms with Gasteiger partial charge < -0.3 is 23.7 Å². The molecule has 4 aromatic rings. The molecule has 0 fully saturated rings. The van der Waals surface area contributed by atoms with Crippen molar-refractivity contribution in [3.8, 4) is 23.0 Å². The van der Waals surface area contributed by atoms with Gasteiger partial charge in [0.25, 0.3) is 5.56 Å². The topological polar surface area (TPSA) is 97.6 Å². The number of hydrogen-bond donors (Lipinski definition) is 0. The molecule has 0 saturated heterocycles. The van der Waals surface area contributed by atoms with Crippen molar-refractivity contribution in [1.82, 2.24) is 4.57 Å². The maximum Gasteiger partial charge on any atom is 0.338 e. The fourth-order valence-corrected chi connectivity index (χ4v) is 6.20. The van der Waals surface area contributed by atoms with E-state index in [1.807, 2.05) is 43.3 Å². The molecule has 0 bridgehead atoms. The van der Waals surface area contributed by atoms with Crippen LogP contribution in [0.4, 0.5) is 0 Å². The molecule has 1 unspecified atom stereocenters. The number of halogens is 1. The van der Waals surface area contributed by atoms with Crippen LogP contribution in [0.3, 0.4) is 0 Å². The average Bonchev–Trinajstić information content (AvgIpc) is 3.34. The summed E-state index contributed by atoms with van der Waals surface area (Å²) in [5.74, 6) is 1.59. The minimum absolute atomic E-state index is 0.181. The van der Waals surface area contributed by atoms with Gasteiger partial charge in [0, 0.05) is 5.02 Å². The molecule has 1 aliphatic heterocycles. The zero-order valence-electron chi connectivity index (χ0n) is 25.6. The molecular weight excluding hydrogens is 616 g/mol. The summed E-state index contributed by atoms with van der Waals surface area (Å²) in [4.78, 5) is 32.4. The molecule has 0 spiro atoms. The quantitative estimate of drug-likeness (QED) is 0.200. The number of ether oxygens (including phenoxy) is 5. The predicted molar refractivity (Wildman–Crippen MR) is 173 cm³/mol. The third kappa shape index (κ3) is 6.77. The summed E-state index contributed by atoms with van der Waals surface area (Å²) in [6.45, 7) is 6.29. The van der Waals surface area contributed by atoms with Gasteiger partial charge in [0.2, 0.25) is 0 Å². The van der Waals surface area contributed by atoms with E-state index in [2.05, 4.69) is 4.99 Å². The van der Waals surface area contributed by atoms with Gasteiger partial charge in [0.15, 0.2) is 27.8 Å². The number of fused-ring (bicyclic) bond motifs is 1. The van der Waals surface area contributed by atoms with Crippen LogP contribution in [0, 0.1) is 0 Å². The fourth-order valence-electron chi connectivity index (χ4n) is 5.02. The van der Waals surface area contributed by atoms with Crippen LogP contribution in [-0.2, 0) is 16.1 Å². The van der Waals surface area contributed by atoms with E-state index in [0.29, 0.717) is 61.8 Å². The highest BCUT2D eigenvalue weighted by Crippen LogP contribution is 2.36. The molecule has 1 aromatic heterocycles. The van der Waals surface area contributed by atoms with E-state index in [-0.39, 0.29) is 17.7 Å². The summed E-state index contributed by atoms with van der Waals surface area (Å²) in [7, 11) is 3.12. The highest BCUT2D eigenvalue weighted by Gasteiger charge is 2.34. The third-order valence-electron chi connectivity index (χ3n) is 7.11. The van der Waals surface area contributed by atoms with Gasteiger partial charge in [-0.2, -0.15) is 0 Å². The van der Waals surface area contributed by atoms with Gasteiger partial charge in [0.05, 0.1) is 49.3 Å². The molecule has 0 saturated carbocycles. The third-order valence-corrected chi connectivity index (χ3v) is 8.35. The summed E-state index contributed by atoms with van der Waals surface area (Å²) in [5.41, 5.74) is 2.82. The SMILES string of the molecule is CCOC(=O)C1=C(C)N=c2s/c(=C\c3ccc(OCc4ccc(Cl)cc4)c(OC)c3)c(=O)n2C1c1ccc(OC)c(OCC)c1. The Kier molecular flexibility index (Phi) is 9.95. The summed E-state index contributed by atoms with van der Waals surface area (Å²) in [6, 6.07) is 17.4. The number of rotatable bonds is 11. The zero-order chi connectivity index (χ0) is 32.1. The van der Waals surface area contributed by atoms with Crippen LogP contribution in [0.25, 0.3) is 6.08 Å². The highest BCUT2D eigenvalue weighted by molar-refractivity contribution is 7.07. The Morgan fingerprint density at radius 3 is 2.36 bits per heavy atom. The number of carbonyl (C=O) groups is 1. The lowest BCUT2D eigenvalue weighted by Gasteiger charge is -2.25. The molecule has 234 valence electrons. The number of nitrogens with zero attached hydrogens (tertiary/aromatic N) is 2. The normalized spacial score (nSPS) is 14.4. The smallest absolute Gasteiger partial charge is 0.338 e. The summed E-state index contributed by atoms with van der Waals surface area (Å²) in [5, 5.41) is 0.656. The van der Waals surface area contributed by atoms with Crippen molar-refractivity contribution in [2.45, 2.75) is 33.4 Å². The second-order valence-corrected chi connectivity index (χ2v) is 11.4. The number of allylic oxidation sites excluding steroid dienone is 1. The average molecular weight is 649 g/mol. The Hall–Kier alpha value is -4.54. The number of methoxy groups -OCH3 is 2. The molecule has 5 rings (SSSR count). The number of thiazole rings is 1. The van der Waals surface area contributed by atoms with Gasteiger partial charge >= 0.3 is 5.97 Å². The first-order valence-electron chi connectivity index (χ1n) is 14.3. The number of carbonyl (C=O) groups excluding carboxylic acids is 1. The highest BCUT2D eigenvalue weighted by atomic mass is 35.5. The largest absolute Gasteiger partial charge is 0.493 e. The van der Waals surface area contributed by atoms with Crippen molar-refractivity contribution >= 4 is 35.0 Å². The minimum Gasteiger partial charge on any atom is -0.493 e. The van der Waals surface area contributed by atoms with Crippen LogP contribution in [-0.4, -0.2) is 38.0 Å². The molecule has 2 heterocycles. The Balaban J connectivity index is 1.57. The van der Waals surface area contributed by atoms with Crippen LogP contribution in [0.2, 0.25) is 5.02 Å². The molecule has 0 aliphatic carbocycles. The molecule has 11 heteroatoms. The van der Waals surface area contributed by atoms with E-state index < -0.39 is 12.0 Å². The maximum absolute atomic E-state index is 14.1. The lowest BCUT2D eigenvalue weighted by Crippen LogP contribution is -2.40. The Bertz CT molecular complexity index is 1930. The number of aromatic nitrogens is 1. The van der Waals surface area contributed by atoms with Crippen molar-refractivity contribution in [1.29, 1.82) is 0 Å². The first-order valence-corrected chi connectivity index (χ1v) is 15.5. The molecule has 45 heavy (non-hydrogen) atoms. The molecule has 0 amide bonds. The van der Waals surface area contributed by atoms with Gasteiger partial charge in [-0.15, -0.1) is 0 Å². The van der Waals surface area contributed by atoms with Gasteiger partial charge in [-0.25, -0.2) is 9.79 Å². The number of hydrogen-bond acceptors (Lipinski definition) is 9. The molecule has 3 aromatic carbocycles. The molecule has 1 atom stereocenters. The number of esters is 1.